The maximum Gasteiger partial charge on any atom is 0.492 e. The van der Waals surface area contributed by atoms with Crippen LogP contribution in [0.4, 0.5) is 0 Å². The molecule has 2 heterocycles. The Balaban J connectivity index is 2.06. The van der Waals surface area contributed by atoms with E-state index < -0.39 is 34.4 Å². The van der Waals surface area contributed by atoms with Crippen molar-refractivity contribution in [1.82, 2.24) is 9.71 Å². The third kappa shape index (κ3) is 5.49. The molecule has 1 saturated heterocycles. The van der Waals surface area contributed by atoms with Gasteiger partial charge >= 0.3 is 7.12 Å². The first kappa shape index (κ1) is 24.6. The highest BCUT2D eigenvalue weighted by molar-refractivity contribution is 7.89. The Morgan fingerprint density at radius 2 is 1.69 bits per heavy atom. The van der Waals surface area contributed by atoms with E-state index in [4.69, 9.17) is 9.31 Å². The van der Waals surface area contributed by atoms with Crippen molar-refractivity contribution in [3.05, 3.63) is 71.8 Å². The normalized spacial score (nSPS) is 19.2. The lowest BCUT2D eigenvalue weighted by atomic mass is 9.71. The molecular weight excluding hydrogens is 423 g/mol. The van der Waals surface area contributed by atoms with Gasteiger partial charge in [0.05, 0.1) is 17.2 Å². The number of unbranched alkanes of at least 4 members (excludes halogenated alkanes) is 2. The Morgan fingerprint density at radius 1 is 1.06 bits per heavy atom. The molecule has 0 radical (unpaired) electrons. The molecule has 1 atom stereocenters. The molecule has 1 N–H and O–H groups in total. The Morgan fingerprint density at radius 3 is 2.25 bits per heavy atom. The molecule has 1 fully saturated rings. The summed E-state index contributed by atoms with van der Waals surface area (Å²) in [5.74, 6) is 0. The summed E-state index contributed by atoms with van der Waals surface area (Å²) in [5, 5.41) is -0.0252. The number of hydrogen-bond acceptors (Lipinski definition) is 5. The minimum Gasteiger partial charge on any atom is -0.400 e. The molecule has 0 amide bonds. The summed E-state index contributed by atoms with van der Waals surface area (Å²) < 4.78 is 42.0. The number of aromatic nitrogens is 1. The summed E-state index contributed by atoms with van der Waals surface area (Å²) in [6.45, 7) is 10.1. The minimum absolute atomic E-state index is 0.0252. The molecule has 1 aliphatic rings. The first-order valence-corrected chi connectivity index (χ1v) is 12.6. The minimum atomic E-state index is -3.88. The second kappa shape index (κ2) is 9.87. The number of benzene rings is 1. The lowest BCUT2D eigenvalue weighted by Gasteiger charge is -2.32. The molecule has 8 heteroatoms. The molecule has 6 nitrogen and oxygen atoms in total. The zero-order valence-electron chi connectivity index (χ0n) is 19.5. The predicted molar refractivity (Wildman–Crippen MR) is 127 cm³/mol. The van der Waals surface area contributed by atoms with Crippen LogP contribution in [0.2, 0.25) is 0 Å². The van der Waals surface area contributed by atoms with Gasteiger partial charge in [0, 0.05) is 6.20 Å². The Bertz CT molecular complexity index is 1010. The smallest absolute Gasteiger partial charge is 0.400 e. The van der Waals surface area contributed by atoms with Crippen molar-refractivity contribution in [3.63, 3.8) is 0 Å². The molecule has 1 aromatic heterocycles. The average molecular weight is 456 g/mol. The van der Waals surface area contributed by atoms with Gasteiger partial charge < -0.3 is 9.31 Å². The van der Waals surface area contributed by atoms with Crippen molar-refractivity contribution in [1.29, 1.82) is 0 Å². The van der Waals surface area contributed by atoms with Crippen molar-refractivity contribution in [2.75, 3.05) is 0 Å². The fourth-order valence-electron chi connectivity index (χ4n) is 3.50. The van der Waals surface area contributed by atoms with E-state index in [1.54, 1.807) is 12.1 Å². The molecule has 0 bridgehead atoms. The van der Waals surface area contributed by atoms with Gasteiger partial charge in [-0.15, -0.1) is 0 Å². The van der Waals surface area contributed by atoms with Crippen LogP contribution in [0.15, 0.2) is 71.3 Å². The zero-order valence-corrected chi connectivity index (χ0v) is 20.4. The van der Waals surface area contributed by atoms with Gasteiger partial charge in [0.2, 0.25) is 0 Å². The first-order chi connectivity index (χ1) is 15.1. The van der Waals surface area contributed by atoms with E-state index in [2.05, 4.69) is 22.7 Å². The maximum atomic E-state index is 13.2. The number of allylic oxidation sites excluding steroid dienone is 1. The number of nitrogens with one attached hydrogen (secondary N) is 1. The van der Waals surface area contributed by atoms with Gasteiger partial charge in [-0.05, 0) is 57.3 Å². The fraction of sp³-hybridized carbons (Fsp3) is 0.458. The van der Waals surface area contributed by atoms with Crippen molar-refractivity contribution in [2.45, 2.75) is 76.2 Å². The van der Waals surface area contributed by atoms with Gasteiger partial charge in [-0.1, -0.05) is 62.2 Å². The fourth-order valence-corrected chi connectivity index (χ4v) is 4.66. The monoisotopic (exact) mass is 456 g/mol. The third-order valence-electron chi connectivity index (χ3n) is 6.12. The van der Waals surface area contributed by atoms with Crippen molar-refractivity contribution in [3.8, 4) is 0 Å². The molecule has 32 heavy (non-hydrogen) atoms. The molecule has 0 spiro atoms. The van der Waals surface area contributed by atoms with Crippen molar-refractivity contribution >= 4 is 17.1 Å². The van der Waals surface area contributed by atoms with Crippen LogP contribution in [0.5, 0.6) is 0 Å². The van der Waals surface area contributed by atoms with Gasteiger partial charge in [-0.3, -0.25) is 0 Å². The highest BCUT2D eigenvalue weighted by Gasteiger charge is 2.53. The second-order valence-corrected chi connectivity index (χ2v) is 10.7. The molecule has 1 aromatic carbocycles. The number of rotatable bonds is 9. The van der Waals surface area contributed by atoms with Crippen LogP contribution >= 0.6 is 0 Å². The van der Waals surface area contributed by atoms with E-state index in [0.29, 0.717) is 0 Å². The highest BCUT2D eigenvalue weighted by Crippen LogP contribution is 2.41. The lowest BCUT2D eigenvalue weighted by Crippen LogP contribution is -2.41. The summed E-state index contributed by atoms with van der Waals surface area (Å²) in [6, 6.07) is 13.7. The zero-order chi connectivity index (χ0) is 23.4. The Kier molecular flexibility index (Phi) is 7.60. The van der Waals surface area contributed by atoms with Gasteiger partial charge in [-0.2, -0.15) is 4.72 Å². The Labute approximate surface area is 192 Å². The topological polar surface area (TPSA) is 77.5 Å². The number of pyridine rings is 1. The van der Waals surface area contributed by atoms with Crippen molar-refractivity contribution < 1.29 is 17.7 Å². The van der Waals surface area contributed by atoms with E-state index in [0.717, 1.165) is 30.3 Å². The molecule has 2 aromatic rings. The average Bonchev–Trinajstić information content (AvgIpc) is 2.98. The number of nitrogens with zero attached hydrogens (tertiary/aromatic N) is 1. The molecule has 0 aliphatic carbocycles. The van der Waals surface area contributed by atoms with Crippen LogP contribution in [0.3, 0.4) is 0 Å². The lowest BCUT2D eigenvalue weighted by molar-refractivity contribution is 0.00578. The van der Waals surface area contributed by atoms with Crippen LogP contribution in [-0.4, -0.2) is 31.7 Å². The van der Waals surface area contributed by atoms with Crippen LogP contribution in [0.1, 0.15) is 65.5 Å². The van der Waals surface area contributed by atoms with E-state index in [-0.39, 0.29) is 5.03 Å². The van der Waals surface area contributed by atoms with Crippen molar-refractivity contribution in [2.24, 2.45) is 0 Å². The quantitative estimate of drug-likeness (QED) is 0.431. The van der Waals surface area contributed by atoms with Gasteiger partial charge in [0.25, 0.3) is 10.0 Å². The van der Waals surface area contributed by atoms with Crippen LogP contribution in [0, 0.1) is 0 Å². The van der Waals surface area contributed by atoms with Crippen LogP contribution in [-0.2, 0) is 19.3 Å². The summed E-state index contributed by atoms with van der Waals surface area (Å²) in [5.41, 5.74) is 0.484. The molecule has 172 valence electrons. The highest BCUT2D eigenvalue weighted by atomic mass is 32.2. The Hall–Kier alpha value is -2.00. The summed E-state index contributed by atoms with van der Waals surface area (Å²) in [6.07, 6.45) is 6.34. The van der Waals surface area contributed by atoms with Crippen LogP contribution < -0.4 is 4.72 Å². The van der Waals surface area contributed by atoms with E-state index in [1.807, 2.05) is 58.0 Å². The van der Waals surface area contributed by atoms with Gasteiger partial charge in [0.15, 0.2) is 5.03 Å². The van der Waals surface area contributed by atoms with Gasteiger partial charge in [0.1, 0.15) is 0 Å². The largest absolute Gasteiger partial charge is 0.492 e. The maximum absolute atomic E-state index is 13.2. The molecule has 1 unspecified atom stereocenters. The molecule has 1 aliphatic heterocycles. The van der Waals surface area contributed by atoms with Crippen LogP contribution in [0.25, 0.3) is 0 Å². The van der Waals surface area contributed by atoms with E-state index >= 15 is 0 Å². The first-order valence-electron chi connectivity index (χ1n) is 11.1. The number of hydrogen-bond donors (Lipinski definition) is 1. The summed E-state index contributed by atoms with van der Waals surface area (Å²) >= 11 is 0. The molecule has 3 rings (SSSR count). The SMILES string of the molecule is CCCC/C=C(/B1OC(C)(C)C(C)(C)O1)C(NS(=O)(=O)c1ccccn1)c1ccccc1. The van der Waals surface area contributed by atoms with E-state index in [9.17, 15) is 8.42 Å². The predicted octanol–water partition coefficient (Wildman–Crippen LogP) is 4.85. The summed E-state index contributed by atoms with van der Waals surface area (Å²) in [7, 11) is -4.56. The second-order valence-electron chi connectivity index (χ2n) is 9.07. The molecular formula is C24H33BN2O4S. The number of sulfonamides is 1. The van der Waals surface area contributed by atoms with Gasteiger partial charge in [-0.25, -0.2) is 13.4 Å². The third-order valence-corrected chi connectivity index (χ3v) is 7.45. The summed E-state index contributed by atoms with van der Waals surface area (Å²) in [4.78, 5) is 4.04. The van der Waals surface area contributed by atoms with E-state index in [1.165, 1.54) is 12.3 Å². The standard InChI is InChI=1S/C24H33BN2O4S/c1-6-7-9-16-20(25-30-23(2,3)24(4,5)31-25)22(19-14-10-8-11-15-19)27-32(28,29)21-17-12-13-18-26-21/h8,10-18,22,27H,6-7,9H2,1-5H3/b20-16+. The molecule has 0 saturated carbocycles.